The van der Waals surface area contributed by atoms with Crippen molar-refractivity contribution in [3.63, 3.8) is 0 Å². The third-order valence-corrected chi connectivity index (χ3v) is 2.20. The number of carbonyl (C=O) groups is 1. The molecule has 0 spiro atoms. The average molecular weight is 234 g/mol. The van der Waals surface area contributed by atoms with E-state index in [0.717, 1.165) is 0 Å². The monoisotopic (exact) mass is 234 g/mol. The summed E-state index contributed by atoms with van der Waals surface area (Å²) in [7, 11) is 1.49. The number of aromatic carboxylic acids is 1. The highest BCUT2D eigenvalue weighted by Gasteiger charge is 2.22. The zero-order valence-corrected chi connectivity index (χ0v) is 9.01. The van der Waals surface area contributed by atoms with E-state index in [9.17, 15) is 4.79 Å². The van der Waals surface area contributed by atoms with E-state index in [2.05, 4.69) is 4.98 Å². The predicted octanol–water partition coefficient (Wildman–Crippen LogP) is 1.63. The van der Waals surface area contributed by atoms with Gasteiger partial charge in [0.2, 0.25) is 5.76 Å². The maximum absolute atomic E-state index is 11.0. The van der Waals surface area contributed by atoms with Crippen LogP contribution in [-0.4, -0.2) is 23.2 Å². The van der Waals surface area contributed by atoms with Gasteiger partial charge in [-0.15, -0.1) is 0 Å². The van der Waals surface area contributed by atoms with Gasteiger partial charge in [-0.3, -0.25) is 0 Å². The van der Waals surface area contributed by atoms with Crippen LogP contribution in [0.25, 0.3) is 11.3 Å². The van der Waals surface area contributed by atoms with E-state index in [0.29, 0.717) is 11.3 Å². The van der Waals surface area contributed by atoms with Crippen LogP contribution >= 0.6 is 0 Å². The molecule has 0 aliphatic rings. The highest BCUT2D eigenvalue weighted by atomic mass is 16.5. The average Bonchev–Trinajstić information content (AvgIpc) is 2.71. The molecular formula is C11H10N2O4. The van der Waals surface area contributed by atoms with Crippen molar-refractivity contribution in [1.82, 2.24) is 4.98 Å². The van der Waals surface area contributed by atoms with Gasteiger partial charge >= 0.3 is 5.97 Å². The minimum absolute atomic E-state index is 0.160. The number of para-hydroxylation sites is 1. The number of nitrogens with two attached hydrogens (primary N) is 1. The third-order valence-electron chi connectivity index (χ3n) is 2.20. The summed E-state index contributed by atoms with van der Waals surface area (Å²) in [5.74, 6) is -1.02. The molecule has 2 rings (SSSR count). The molecule has 1 aromatic carbocycles. The van der Waals surface area contributed by atoms with Gasteiger partial charge in [0.15, 0.2) is 0 Å². The van der Waals surface area contributed by atoms with Crippen LogP contribution in [0.4, 0.5) is 6.01 Å². The van der Waals surface area contributed by atoms with Crippen molar-refractivity contribution >= 4 is 12.0 Å². The van der Waals surface area contributed by atoms with Crippen LogP contribution < -0.4 is 10.5 Å². The topological polar surface area (TPSA) is 98.6 Å². The molecule has 0 fully saturated rings. The van der Waals surface area contributed by atoms with Crippen molar-refractivity contribution in [1.29, 1.82) is 0 Å². The van der Waals surface area contributed by atoms with E-state index < -0.39 is 5.97 Å². The molecule has 1 aromatic heterocycles. The van der Waals surface area contributed by atoms with E-state index in [1.165, 1.54) is 7.11 Å². The fraction of sp³-hybridized carbons (Fsp3) is 0.0909. The molecule has 6 heteroatoms. The molecule has 0 aliphatic heterocycles. The van der Waals surface area contributed by atoms with E-state index >= 15 is 0 Å². The van der Waals surface area contributed by atoms with Gasteiger partial charge in [0.05, 0.1) is 7.11 Å². The second kappa shape index (κ2) is 4.17. The van der Waals surface area contributed by atoms with Gasteiger partial charge < -0.3 is 20.0 Å². The number of carboxylic acids is 1. The van der Waals surface area contributed by atoms with Gasteiger partial charge in [-0.1, -0.05) is 12.1 Å². The van der Waals surface area contributed by atoms with Gasteiger partial charge in [-0.2, -0.15) is 4.98 Å². The Labute approximate surface area is 96.6 Å². The molecule has 0 bridgehead atoms. The Morgan fingerprint density at radius 1 is 1.47 bits per heavy atom. The molecule has 0 amide bonds. The number of rotatable bonds is 3. The Bertz CT molecular complexity index is 562. The highest BCUT2D eigenvalue weighted by Crippen LogP contribution is 2.32. The van der Waals surface area contributed by atoms with E-state index in [1.807, 2.05) is 0 Å². The number of aromatic nitrogens is 1. The molecule has 1 heterocycles. The Hall–Kier alpha value is -2.50. The quantitative estimate of drug-likeness (QED) is 0.837. The van der Waals surface area contributed by atoms with Crippen molar-refractivity contribution in [3.05, 3.63) is 30.0 Å². The van der Waals surface area contributed by atoms with Crippen molar-refractivity contribution in [3.8, 4) is 17.0 Å². The Morgan fingerprint density at radius 3 is 2.82 bits per heavy atom. The molecule has 3 N–H and O–H groups in total. The van der Waals surface area contributed by atoms with Crippen LogP contribution in [0.5, 0.6) is 5.75 Å². The molecule has 17 heavy (non-hydrogen) atoms. The summed E-state index contributed by atoms with van der Waals surface area (Å²) in [5, 5.41) is 8.97. The largest absolute Gasteiger partial charge is 0.496 e. The van der Waals surface area contributed by atoms with E-state index in [4.69, 9.17) is 20.0 Å². The lowest BCUT2D eigenvalue weighted by atomic mass is 10.1. The fourth-order valence-electron chi connectivity index (χ4n) is 1.50. The first-order valence-corrected chi connectivity index (χ1v) is 4.76. The zero-order chi connectivity index (χ0) is 12.4. The number of hydrogen-bond donors (Lipinski definition) is 2. The van der Waals surface area contributed by atoms with Gasteiger partial charge in [0.25, 0.3) is 6.01 Å². The van der Waals surface area contributed by atoms with Crippen LogP contribution in [0.15, 0.2) is 28.7 Å². The number of benzene rings is 1. The Morgan fingerprint density at radius 2 is 2.18 bits per heavy atom. The summed E-state index contributed by atoms with van der Waals surface area (Å²) in [6.45, 7) is 0. The van der Waals surface area contributed by atoms with Crippen LogP contribution in [0, 0.1) is 0 Å². The molecule has 2 aromatic rings. The first kappa shape index (κ1) is 11.0. The number of nitrogens with zero attached hydrogens (tertiary/aromatic N) is 1. The molecule has 0 radical (unpaired) electrons. The standard InChI is InChI=1S/C11H10N2O4/c1-16-7-5-3-2-4-6(7)8-9(10(14)15)17-11(12)13-8/h2-5H,1H3,(H2,12,13)(H,14,15). The summed E-state index contributed by atoms with van der Waals surface area (Å²) < 4.78 is 9.97. The molecule has 6 nitrogen and oxygen atoms in total. The molecule has 0 atom stereocenters. The third kappa shape index (κ3) is 1.92. The molecule has 0 saturated carbocycles. The Balaban J connectivity index is 2.63. The van der Waals surface area contributed by atoms with Crippen LogP contribution in [0.1, 0.15) is 10.6 Å². The normalized spacial score (nSPS) is 10.2. The molecular weight excluding hydrogens is 224 g/mol. The summed E-state index contributed by atoms with van der Waals surface area (Å²) >= 11 is 0. The molecule has 88 valence electrons. The maximum Gasteiger partial charge on any atom is 0.374 e. The maximum atomic E-state index is 11.0. The van der Waals surface area contributed by atoms with E-state index in [-0.39, 0.29) is 17.5 Å². The lowest BCUT2D eigenvalue weighted by Crippen LogP contribution is -1.97. The smallest absolute Gasteiger partial charge is 0.374 e. The summed E-state index contributed by atoms with van der Waals surface area (Å²) in [6.07, 6.45) is 0. The first-order chi connectivity index (χ1) is 8.13. The molecule has 0 saturated heterocycles. The lowest BCUT2D eigenvalue weighted by molar-refractivity contribution is 0.0665. The minimum Gasteiger partial charge on any atom is -0.496 e. The van der Waals surface area contributed by atoms with Crippen LogP contribution in [0.2, 0.25) is 0 Å². The summed E-state index contributed by atoms with van der Waals surface area (Å²) in [5.41, 5.74) is 6.04. The van der Waals surface area contributed by atoms with Crippen LogP contribution in [-0.2, 0) is 0 Å². The van der Waals surface area contributed by atoms with Crippen LogP contribution in [0.3, 0.4) is 0 Å². The minimum atomic E-state index is -1.23. The first-order valence-electron chi connectivity index (χ1n) is 4.76. The van der Waals surface area contributed by atoms with Crippen molar-refractivity contribution < 1.29 is 19.1 Å². The second-order valence-corrected chi connectivity index (χ2v) is 3.24. The number of oxazole rings is 1. The number of hydrogen-bond acceptors (Lipinski definition) is 5. The SMILES string of the molecule is COc1ccccc1-c1nc(N)oc1C(=O)O. The number of ether oxygens (including phenoxy) is 1. The number of methoxy groups -OCH3 is 1. The second-order valence-electron chi connectivity index (χ2n) is 3.24. The van der Waals surface area contributed by atoms with Crippen molar-refractivity contribution in [2.45, 2.75) is 0 Å². The number of anilines is 1. The van der Waals surface area contributed by atoms with Gasteiger partial charge in [0, 0.05) is 5.56 Å². The summed E-state index contributed by atoms with van der Waals surface area (Å²) in [4.78, 5) is 14.8. The predicted molar refractivity (Wildman–Crippen MR) is 59.9 cm³/mol. The lowest BCUT2D eigenvalue weighted by Gasteiger charge is -2.05. The van der Waals surface area contributed by atoms with Gasteiger partial charge in [-0.05, 0) is 12.1 Å². The number of carboxylic acid groups (broad SMARTS) is 1. The Kier molecular flexibility index (Phi) is 2.70. The van der Waals surface area contributed by atoms with Crippen molar-refractivity contribution in [2.24, 2.45) is 0 Å². The zero-order valence-electron chi connectivity index (χ0n) is 9.01. The van der Waals surface area contributed by atoms with Gasteiger partial charge in [-0.25, -0.2) is 4.79 Å². The van der Waals surface area contributed by atoms with Gasteiger partial charge in [0.1, 0.15) is 11.4 Å². The molecule has 0 unspecified atom stereocenters. The number of nitrogen functional groups attached to an aromatic ring is 1. The molecule has 0 aliphatic carbocycles. The highest BCUT2D eigenvalue weighted by molar-refractivity contribution is 5.93. The van der Waals surface area contributed by atoms with Crippen molar-refractivity contribution in [2.75, 3.05) is 12.8 Å². The fourth-order valence-corrected chi connectivity index (χ4v) is 1.50. The summed E-state index contributed by atoms with van der Waals surface area (Å²) in [6, 6.07) is 6.71. The van der Waals surface area contributed by atoms with E-state index in [1.54, 1.807) is 24.3 Å².